The van der Waals surface area contributed by atoms with Crippen LogP contribution in [0.25, 0.3) is 11.3 Å². The summed E-state index contributed by atoms with van der Waals surface area (Å²) >= 11 is 0. The Labute approximate surface area is 234 Å². The van der Waals surface area contributed by atoms with E-state index in [0.717, 1.165) is 24.8 Å². The Morgan fingerprint density at radius 2 is 1.70 bits per heavy atom. The highest BCUT2D eigenvalue weighted by atomic mass is 16.6. The van der Waals surface area contributed by atoms with Gasteiger partial charge in [-0.05, 0) is 19.8 Å². The van der Waals surface area contributed by atoms with E-state index in [9.17, 15) is 24.3 Å². The smallest absolute Gasteiger partial charge is 0.409 e. The van der Waals surface area contributed by atoms with Crippen molar-refractivity contribution in [2.45, 2.75) is 52.0 Å². The fraction of sp³-hybridized carbons (Fsp3) is 0.483. The van der Waals surface area contributed by atoms with Crippen molar-refractivity contribution in [3.05, 3.63) is 48.2 Å². The second-order valence-corrected chi connectivity index (χ2v) is 9.46. The normalized spacial score (nSPS) is 13.8. The van der Waals surface area contributed by atoms with E-state index < -0.39 is 29.9 Å². The number of ether oxygens (including phenoxy) is 2. The van der Waals surface area contributed by atoms with Crippen LogP contribution in [0.15, 0.2) is 42.5 Å². The maximum absolute atomic E-state index is 13.4. The molecule has 2 heterocycles. The van der Waals surface area contributed by atoms with Crippen LogP contribution in [0.2, 0.25) is 0 Å². The third kappa shape index (κ3) is 8.96. The minimum atomic E-state index is -1.08. The van der Waals surface area contributed by atoms with Crippen molar-refractivity contribution in [1.29, 1.82) is 0 Å². The molecule has 2 aromatic rings. The second-order valence-electron chi connectivity index (χ2n) is 9.46. The monoisotopic (exact) mass is 554 g/mol. The zero-order valence-corrected chi connectivity index (χ0v) is 23.1. The number of carboxylic acids is 1. The van der Waals surface area contributed by atoms with E-state index in [4.69, 9.17) is 9.47 Å². The van der Waals surface area contributed by atoms with Gasteiger partial charge in [0, 0.05) is 50.3 Å². The van der Waals surface area contributed by atoms with Gasteiger partial charge < -0.3 is 29.7 Å². The Kier molecular flexibility index (Phi) is 11.7. The van der Waals surface area contributed by atoms with Gasteiger partial charge in [-0.3, -0.25) is 14.4 Å². The molecule has 11 nitrogen and oxygen atoms in total. The van der Waals surface area contributed by atoms with E-state index in [-0.39, 0.29) is 44.7 Å². The highest BCUT2D eigenvalue weighted by Gasteiger charge is 2.31. The van der Waals surface area contributed by atoms with Crippen LogP contribution in [0.1, 0.15) is 56.4 Å². The number of piperazine rings is 1. The van der Waals surface area contributed by atoms with Crippen molar-refractivity contribution >= 4 is 23.9 Å². The number of benzene rings is 1. The minimum absolute atomic E-state index is 0.0496. The van der Waals surface area contributed by atoms with E-state index in [2.05, 4.69) is 17.2 Å². The molecule has 0 unspecified atom stereocenters. The third-order valence-electron chi connectivity index (χ3n) is 6.49. The molecule has 40 heavy (non-hydrogen) atoms. The summed E-state index contributed by atoms with van der Waals surface area (Å²) in [4.78, 5) is 57.9. The number of amides is 3. The standard InChI is InChI=1S/C29H38N4O7/c1-3-5-9-18-40-29(38)33-16-14-32(15-17-33)28(37)23(12-13-26(34)35)31-27(36)25-20-22(39-4-2)19-24(30-25)21-10-7-6-8-11-21/h6-8,10-11,19-20,23H,3-5,9,12-18H2,1-2H3,(H,31,36)(H,34,35)/t23-/m0/s1. The lowest BCUT2D eigenvalue weighted by atomic mass is 10.1. The lowest BCUT2D eigenvalue weighted by Gasteiger charge is -2.36. The third-order valence-corrected chi connectivity index (χ3v) is 6.49. The molecule has 11 heteroatoms. The van der Waals surface area contributed by atoms with Gasteiger partial charge in [-0.1, -0.05) is 50.1 Å². The van der Waals surface area contributed by atoms with Crippen LogP contribution in [0.3, 0.4) is 0 Å². The topological polar surface area (TPSA) is 138 Å². The zero-order chi connectivity index (χ0) is 28.9. The van der Waals surface area contributed by atoms with Gasteiger partial charge >= 0.3 is 12.1 Å². The van der Waals surface area contributed by atoms with Crippen molar-refractivity contribution in [1.82, 2.24) is 20.1 Å². The fourth-order valence-corrected chi connectivity index (χ4v) is 4.32. The fourth-order valence-electron chi connectivity index (χ4n) is 4.32. The number of pyridine rings is 1. The predicted molar refractivity (Wildman–Crippen MR) is 148 cm³/mol. The van der Waals surface area contributed by atoms with Gasteiger partial charge in [0.05, 0.1) is 18.9 Å². The molecule has 1 aromatic carbocycles. The Morgan fingerprint density at radius 1 is 1.00 bits per heavy atom. The maximum atomic E-state index is 13.4. The summed E-state index contributed by atoms with van der Waals surface area (Å²) in [5, 5.41) is 11.9. The number of rotatable bonds is 13. The SMILES string of the molecule is CCCCCOC(=O)N1CCN(C(=O)[C@H](CCC(=O)O)NC(=O)c2cc(OCC)cc(-c3ccccc3)n2)CC1. The first-order chi connectivity index (χ1) is 19.3. The minimum Gasteiger partial charge on any atom is -0.494 e. The molecule has 1 aliphatic rings. The molecule has 2 N–H and O–H groups in total. The quantitative estimate of drug-likeness (QED) is 0.358. The van der Waals surface area contributed by atoms with Crippen LogP contribution in [-0.2, 0) is 14.3 Å². The van der Waals surface area contributed by atoms with E-state index in [0.29, 0.717) is 24.7 Å². The Balaban J connectivity index is 1.70. The van der Waals surface area contributed by atoms with Crippen LogP contribution in [-0.4, -0.2) is 89.2 Å². The average Bonchev–Trinajstić information content (AvgIpc) is 2.97. The van der Waals surface area contributed by atoms with Crippen LogP contribution < -0.4 is 10.1 Å². The number of carbonyl (C=O) groups is 4. The number of carbonyl (C=O) groups excluding carboxylic acids is 3. The first-order valence-corrected chi connectivity index (χ1v) is 13.8. The Hall–Kier alpha value is -4.15. The summed E-state index contributed by atoms with van der Waals surface area (Å²) in [6.07, 6.45) is 2.02. The van der Waals surface area contributed by atoms with Crippen molar-refractivity contribution in [2.75, 3.05) is 39.4 Å². The summed E-state index contributed by atoms with van der Waals surface area (Å²) in [6, 6.07) is 11.5. The predicted octanol–water partition coefficient (Wildman–Crippen LogP) is 3.58. The molecule has 0 saturated carbocycles. The van der Waals surface area contributed by atoms with E-state index in [1.165, 1.54) is 11.0 Å². The number of nitrogens with one attached hydrogen (secondary N) is 1. The van der Waals surface area contributed by atoms with E-state index >= 15 is 0 Å². The Morgan fingerprint density at radius 3 is 2.35 bits per heavy atom. The van der Waals surface area contributed by atoms with Gasteiger partial charge in [0.15, 0.2) is 0 Å². The number of unbranched alkanes of at least 4 members (excludes halogenated alkanes) is 2. The van der Waals surface area contributed by atoms with Crippen molar-refractivity contribution in [3.63, 3.8) is 0 Å². The highest BCUT2D eigenvalue weighted by Crippen LogP contribution is 2.23. The molecular weight excluding hydrogens is 516 g/mol. The molecule has 0 aliphatic carbocycles. The average molecular weight is 555 g/mol. The largest absolute Gasteiger partial charge is 0.494 e. The molecule has 1 saturated heterocycles. The van der Waals surface area contributed by atoms with Gasteiger partial charge in [-0.2, -0.15) is 0 Å². The molecule has 216 valence electrons. The zero-order valence-electron chi connectivity index (χ0n) is 23.1. The molecule has 3 rings (SSSR count). The van der Waals surface area contributed by atoms with Crippen LogP contribution >= 0.6 is 0 Å². The lowest BCUT2D eigenvalue weighted by Crippen LogP contribution is -2.56. The summed E-state index contributed by atoms with van der Waals surface area (Å²) in [5.74, 6) is -1.65. The first-order valence-electron chi connectivity index (χ1n) is 13.8. The van der Waals surface area contributed by atoms with Gasteiger partial charge in [0.25, 0.3) is 5.91 Å². The van der Waals surface area contributed by atoms with Gasteiger partial charge in [0.1, 0.15) is 17.5 Å². The number of aromatic nitrogens is 1. The molecule has 1 aliphatic heterocycles. The van der Waals surface area contributed by atoms with Crippen LogP contribution in [0, 0.1) is 0 Å². The van der Waals surface area contributed by atoms with Gasteiger partial charge in [-0.15, -0.1) is 0 Å². The first kappa shape index (κ1) is 30.4. The van der Waals surface area contributed by atoms with Gasteiger partial charge in [0.2, 0.25) is 5.91 Å². The molecular formula is C29H38N4O7. The summed E-state index contributed by atoms with van der Waals surface area (Å²) in [5.41, 5.74) is 1.37. The summed E-state index contributed by atoms with van der Waals surface area (Å²) in [6.45, 7) is 5.72. The number of aliphatic carboxylic acids is 1. The molecule has 0 radical (unpaired) electrons. The summed E-state index contributed by atoms with van der Waals surface area (Å²) < 4.78 is 10.9. The van der Waals surface area contributed by atoms with Crippen molar-refractivity contribution in [3.8, 4) is 17.0 Å². The van der Waals surface area contributed by atoms with E-state index in [1.54, 1.807) is 11.0 Å². The number of carboxylic acid groups (broad SMARTS) is 1. The van der Waals surface area contributed by atoms with Crippen LogP contribution in [0.5, 0.6) is 5.75 Å². The molecule has 1 atom stereocenters. The summed E-state index contributed by atoms with van der Waals surface area (Å²) in [7, 11) is 0. The molecule has 1 fully saturated rings. The van der Waals surface area contributed by atoms with E-state index in [1.807, 2.05) is 37.3 Å². The van der Waals surface area contributed by atoms with Crippen molar-refractivity contribution in [2.24, 2.45) is 0 Å². The highest BCUT2D eigenvalue weighted by molar-refractivity contribution is 5.97. The molecule has 3 amide bonds. The molecule has 0 bridgehead atoms. The number of hydrogen-bond donors (Lipinski definition) is 2. The maximum Gasteiger partial charge on any atom is 0.409 e. The molecule has 0 spiro atoms. The lowest BCUT2D eigenvalue weighted by molar-refractivity contribution is -0.138. The number of nitrogens with zero attached hydrogens (tertiary/aromatic N) is 3. The number of hydrogen-bond acceptors (Lipinski definition) is 7. The van der Waals surface area contributed by atoms with Crippen LogP contribution in [0.4, 0.5) is 4.79 Å². The molecule has 1 aromatic heterocycles. The Bertz CT molecular complexity index is 1150. The van der Waals surface area contributed by atoms with Crippen molar-refractivity contribution < 1.29 is 33.8 Å². The van der Waals surface area contributed by atoms with Gasteiger partial charge in [-0.25, -0.2) is 9.78 Å². The second kappa shape index (κ2) is 15.4.